The SMILES string of the molecule is CC(C)NS(=O)(=O)c1ccc(S(N)(=O)=O)cc1. The Morgan fingerprint density at radius 2 is 1.41 bits per heavy atom. The van der Waals surface area contributed by atoms with Gasteiger partial charge in [-0.25, -0.2) is 26.7 Å². The fourth-order valence-electron chi connectivity index (χ4n) is 1.19. The third-order valence-corrected chi connectivity index (χ3v) is 4.46. The summed E-state index contributed by atoms with van der Waals surface area (Å²) in [6.07, 6.45) is 0. The molecular weight excluding hydrogens is 264 g/mol. The summed E-state index contributed by atoms with van der Waals surface area (Å²) in [7, 11) is -7.41. The molecule has 0 amide bonds. The van der Waals surface area contributed by atoms with Crippen LogP contribution >= 0.6 is 0 Å². The molecule has 0 heterocycles. The largest absolute Gasteiger partial charge is 0.240 e. The van der Waals surface area contributed by atoms with Crippen molar-refractivity contribution in [3.63, 3.8) is 0 Å². The number of nitrogens with two attached hydrogens (primary N) is 1. The summed E-state index contributed by atoms with van der Waals surface area (Å²) in [5.41, 5.74) is 0. The Kier molecular flexibility index (Phi) is 3.92. The van der Waals surface area contributed by atoms with Gasteiger partial charge < -0.3 is 0 Å². The van der Waals surface area contributed by atoms with E-state index in [9.17, 15) is 16.8 Å². The van der Waals surface area contributed by atoms with Crippen LogP contribution in [0.3, 0.4) is 0 Å². The van der Waals surface area contributed by atoms with E-state index in [0.29, 0.717) is 0 Å². The summed E-state index contributed by atoms with van der Waals surface area (Å²) in [5.74, 6) is 0. The van der Waals surface area contributed by atoms with Gasteiger partial charge in [-0.3, -0.25) is 0 Å². The lowest BCUT2D eigenvalue weighted by Gasteiger charge is -2.09. The summed E-state index contributed by atoms with van der Waals surface area (Å²) >= 11 is 0. The Bertz CT molecular complexity index is 588. The summed E-state index contributed by atoms with van der Waals surface area (Å²) in [4.78, 5) is -0.125. The second-order valence-corrected chi connectivity index (χ2v) is 7.07. The zero-order valence-electron chi connectivity index (χ0n) is 9.41. The molecule has 0 atom stereocenters. The standard InChI is InChI=1S/C9H14N2O4S2/c1-7(2)11-17(14,15)9-5-3-8(4-6-9)16(10,12)13/h3-7,11H,1-2H3,(H2,10,12,13). The predicted octanol–water partition coefficient (Wildman–Crippen LogP) is 0.0207. The van der Waals surface area contributed by atoms with E-state index in [1.807, 2.05) is 0 Å². The molecule has 0 saturated carbocycles. The summed E-state index contributed by atoms with van der Waals surface area (Å²) in [6, 6.07) is 4.47. The van der Waals surface area contributed by atoms with Crippen molar-refractivity contribution in [3.8, 4) is 0 Å². The number of primary sulfonamides is 1. The van der Waals surface area contributed by atoms with Crippen LogP contribution in [0.25, 0.3) is 0 Å². The minimum absolute atomic E-state index is 0.00130. The average molecular weight is 278 g/mol. The molecular formula is C9H14N2O4S2. The van der Waals surface area contributed by atoms with Crippen LogP contribution in [0.4, 0.5) is 0 Å². The smallest absolute Gasteiger partial charge is 0.225 e. The highest BCUT2D eigenvalue weighted by Crippen LogP contribution is 2.13. The van der Waals surface area contributed by atoms with Crippen molar-refractivity contribution >= 4 is 20.0 Å². The van der Waals surface area contributed by atoms with Crippen molar-refractivity contribution in [2.75, 3.05) is 0 Å². The maximum absolute atomic E-state index is 11.7. The van der Waals surface area contributed by atoms with Gasteiger partial charge >= 0.3 is 0 Å². The fraction of sp³-hybridized carbons (Fsp3) is 0.333. The molecule has 8 heteroatoms. The van der Waals surface area contributed by atoms with Gasteiger partial charge in [0.05, 0.1) is 9.79 Å². The zero-order chi connectivity index (χ0) is 13.3. The molecule has 0 unspecified atom stereocenters. The van der Waals surface area contributed by atoms with Crippen LogP contribution in [0.5, 0.6) is 0 Å². The maximum atomic E-state index is 11.7. The van der Waals surface area contributed by atoms with Crippen molar-refractivity contribution in [1.82, 2.24) is 4.72 Å². The number of rotatable bonds is 4. The highest BCUT2D eigenvalue weighted by atomic mass is 32.2. The highest BCUT2D eigenvalue weighted by molar-refractivity contribution is 7.89. The van der Waals surface area contributed by atoms with Gasteiger partial charge in [-0.1, -0.05) is 0 Å². The topological polar surface area (TPSA) is 106 Å². The molecule has 1 rings (SSSR count). The van der Waals surface area contributed by atoms with Gasteiger partial charge in [0, 0.05) is 6.04 Å². The molecule has 0 aliphatic carbocycles. The minimum Gasteiger partial charge on any atom is -0.225 e. The molecule has 17 heavy (non-hydrogen) atoms. The summed E-state index contributed by atoms with van der Waals surface area (Å²) < 4.78 is 47.8. The van der Waals surface area contributed by atoms with Crippen LogP contribution in [0.2, 0.25) is 0 Å². The third-order valence-electron chi connectivity index (χ3n) is 1.85. The van der Waals surface area contributed by atoms with Gasteiger partial charge in [0.25, 0.3) is 0 Å². The lowest BCUT2D eigenvalue weighted by atomic mass is 10.4. The van der Waals surface area contributed by atoms with E-state index >= 15 is 0 Å². The van der Waals surface area contributed by atoms with E-state index in [0.717, 1.165) is 12.1 Å². The molecule has 0 radical (unpaired) electrons. The van der Waals surface area contributed by atoms with Gasteiger partial charge in [0.1, 0.15) is 0 Å². The van der Waals surface area contributed by atoms with E-state index < -0.39 is 20.0 Å². The van der Waals surface area contributed by atoms with Crippen LogP contribution in [0.15, 0.2) is 34.1 Å². The van der Waals surface area contributed by atoms with Crippen molar-refractivity contribution < 1.29 is 16.8 Å². The number of hydrogen-bond acceptors (Lipinski definition) is 4. The van der Waals surface area contributed by atoms with Crippen LogP contribution in [-0.4, -0.2) is 22.9 Å². The predicted molar refractivity (Wildman–Crippen MR) is 63.3 cm³/mol. The molecule has 1 aromatic rings. The van der Waals surface area contributed by atoms with Gasteiger partial charge in [0.15, 0.2) is 0 Å². The molecule has 1 aromatic carbocycles. The Labute approximate surface area is 101 Å². The lowest BCUT2D eigenvalue weighted by Crippen LogP contribution is -2.30. The molecule has 0 bridgehead atoms. The zero-order valence-corrected chi connectivity index (χ0v) is 11.0. The minimum atomic E-state index is -3.80. The van der Waals surface area contributed by atoms with Gasteiger partial charge in [-0.2, -0.15) is 0 Å². The first kappa shape index (κ1) is 14.1. The van der Waals surface area contributed by atoms with Gasteiger partial charge in [-0.05, 0) is 38.1 Å². The number of hydrogen-bond donors (Lipinski definition) is 2. The number of nitrogens with one attached hydrogen (secondary N) is 1. The highest BCUT2D eigenvalue weighted by Gasteiger charge is 2.16. The Morgan fingerprint density at radius 1 is 1.00 bits per heavy atom. The van der Waals surface area contributed by atoms with E-state index in [1.54, 1.807) is 13.8 Å². The quantitative estimate of drug-likeness (QED) is 0.809. The second-order valence-electron chi connectivity index (χ2n) is 3.79. The second kappa shape index (κ2) is 4.73. The van der Waals surface area contributed by atoms with Gasteiger partial charge in [0.2, 0.25) is 20.0 Å². The Hall–Kier alpha value is -0.960. The average Bonchev–Trinajstić information content (AvgIpc) is 2.14. The van der Waals surface area contributed by atoms with Crippen molar-refractivity contribution in [2.24, 2.45) is 5.14 Å². The third kappa shape index (κ3) is 3.77. The first-order valence-electron chi connectivity index (χ1n) is 4.78. The summed E-state index contributed by atoms with van der Waals surface area (Å²) in [5, 5.41) is 4.90. The molecule has 0 aromatic heterocycles. The molecule has 0 spiro atoms. The van der Waals surface area contributed by atoms with Crippen LogP contribution in [-0.2, 0) is 20.0 Å². The van der Waals surface area contributed by atoms with Crippen LogP contribution < -0.4 is 9.86 Å². The summed E-state index contributed by atoms with van der Waals surface area (Å²) in [6.45, 7) is 3.38. The van der Waals surface area contributed by atoms with Crippen molar-refractivity contribution in [1.29, 1.82) is 0 Å². The van der Waals surface area contributed by atoms with Crippen LogP contribution in [0.1, 0.15) is 13.8 Å². The van der Waals surface area contributed by atoms with Crippen molar-refractivity contribution in [2.45, 2.75) is 29.7 Å². The molecule has 3 N–H and O–H groups in total. The molecule has 0 saturated heterocycles. The van der Waals surface area contributed by atoms with E-state index in [-0.39, 0.29) is 15.8 Å². The number of sulfonamides is 2. The molecule has 0 aliphatic heterocycles. The first-order valence-corrected chi connectivity index (χ1v) is 7.81. The van der Waals surface area contributed by atoms with Gasteiger partial charge in [-0.15, -0.1) is 0 Å². The van der Waals surface area contributed by atoms with E-state index in [1.165, 1.54) is 12.1 Å². The normalized spacial score (nSPS) is 12.9. The van der Waals surface area contributed by atoms with Crippen molar-refractivity contribution in [3.05, 3.63) is 24.3 Å². The Balaban J connectivity index is 3.12. The monoisotopic (exact) mass is 278 g/mol. The molecule has 0 aliphatic rings. The fourth-order valence-corrected chi connectivity index (χ4v) is 2.95. The van der Waals surface area contributed by atoms with Crippen LogP contribution in [0, 0.1) is 0 Å². The molecule has 0 fully saturated rings. The Morgan fingerprint density at radius 3 is 1.76 bits per heavy atom. The maximum Gasteiger partial charge on any atom is 0.240 e. The molecule has 6 nitrogen and oxygen atoms in total. The lowest BCUT2D eigenvalue weighted by molar-refractivity contribution is 0.569. The van der Waals surface area contributed by atoms with E-state index in [4.69, 9.17) is 5.14 Å². The first-order chi connectivity index (χ1) is 7.63. The van der Waals surface area contributed by atoms with E-state index in [2.05, 4.69) is 4.72 Å². The molecule has 96 valence electrons. The number of benzene rings is 1.